The lowest BCUT2D eigenvalue weighted by Gasteiger charge is -2.09. The highest BCUT2D eigenvalue weighted by molar-refractivity contribution is 5.95. The summed E-state index contributed by atoms with van der Waals surface area (Å²) < 4.78 is 14.8. The maximum absolute atomic E-state index is 11.7. The highest BCUT2D eigenvalue weighted by Crippen LogP contribution is 2.27. The van der Waals surface area contributed by atoms with Gasteiger partial charge in [0, 0.05) is 5.56 Å². The first kappa shape index (κ1) is 16.6. The first-order chi connectivity index (χ1) is 11.2. The minimum atomic E-state index is -0.400. The summed E-state index contributed by atoms with van der Waals surface area (Å²) in [4.78, 5) is 11.7. The summed E-state index contributed by atoms with van der Waals surface area (Å²) in [5.41, 5.74) is 6.54. The van der Waals surface area contributed by atoms with E-state index in [0.717, 1.165) is 12.1 Å². The second-order valence-corrected chi connectivity index (χ2v) is 4.72. The van der Waals surface area contributed by atoms with Crippen LogP contribution in [-0.2, 0) is 6.54 Å². The van der Waals surface area contributed by atoms with E-state index in [1.54, 1.807) is 14.2 Å². The standard InChI is InChI=1S/C14H19N5O4/c1-21-10-4-3-9(7-11(10)22-2)8-16-5-6-17-14(20)12-13(15)19-23-18-12/h3-4,7,16H,5-6,8H2,1-2H3,(H2,15,19)(H,17,20)/p+1. The minimum absolute atomic E-state index is 0.00453. The van der Waals surface area contributed by atoms with Crippen molar-refractivity contribution in [3.63, 3.8) is 0 Å². The molecular formula is C14H20N5O4+. The van der Waals surface area contributed by atoms with Crippen molar-refractivity contribution in [1.29, 1.82) is 0 Å². The Hall–Kier alpha value is -2.81. The number of hydrogen-bond donors (Lipinski definition) is 3. The van der Waals surface area contributed by atoms with Gasteiger partial charge >= 0.3 is 0 Å². The fourth-order valence-electron chi connectivity index (χ4n) is 2.00. The fraction of sp³-hybridized carbons (Fsp3) is 0.357. The molecule has 1 heterocycles. The lowest BCUT2D eigenvalue weighted by molar-refractivity contribution is -0.668. The number of anilines is 1. The average Bonchev–Trinajstić information content (AvgIpc) is 3.00. The van der Waals surface area contributed by atoms with E-state index in [2.05, 4.69) is 25.6 Å². The number of nitrogen functional groups attached to an aromatic ring is 1. The van der Waals surface area contributed by atoms with Gasteiger partial charge in [-0.05, 0) is 28.5 Å². The summed E-state index contributed by atoms with van der Waals surface area (Å²) >= 11 is 0. The van der Waals surface area contributed by atoms with E-state index >= 15 is 0 Å². The lowest BCUT2D eigenvalue weighted by Crippen LogP contribution is -2.84. The zero-order valence-electron chi connectivity index (χ0n) is 13.0. The minimum Gasteiger partial charge on any atom is -0.493 e. The molecule has 0 fully saturated rings. The van der Waals surface area contributed by atoms with Crippen LogP contribution < -0.4 is 25.8 Å². The number of nitrogens with zero attached hydrogens (tertiary/aromatic N) is 2. The van der Waals surface area contributed by atoms with E-state index in [4.69, 9.17) is 15.2 Å². The number of hydrogen-bond acceptors (Lipinski definition) is 7. The van der Waals surface area contributed by atoms with Crippen LogP contribution in [0.25, 0.3) is 0 Å². The molecule has 0 aliphatic heterocycles. The molecule has 1 aromatic heterocycles. The number of nitrogens with two attached hydrogens (primary N) is 2. The second-order valence-electron chi connectivity index (χ2n) is 4.72. The van der Waals surface area contributed by atoms with Crippen LogP contribution in [-0.4, -0.2) is 43.5 Å². The first-order valence-electron chi connectivity index (χ1n) is 7.04. The maximum Gasteiger partial charge on any atom is 0.277 e. The molecule has 0 saturated carbocycles. The van der Waals surface area contributed by atoms with Crippen molar-refractivity contribution in [3.05, 3.63) is 29.5 Å². The normalized spacial score (nSPS) is 10.3. The molecule has 2 aromatic rings. The zero-order chi connectivity index (χ0) is 16.7. The molecule has 0 radical (unpaired) electrons. The molecule has 1 aromatic carbocycles. The van der Waals surface area contributed by atoms with Crippen LogP contribution in [0.1, 0.15) is 16.1 Å². The maximum atomic E-state index is 11.7. The Morgan fingerprint density at radius 2 is 2.09 bits per heavy atom. The van der Waals surface area contributed by atoms with Gasteiger partial charge in [-0.15, -0.1) is 0 Å². The van der Waals surface area contributed by atoms with Crippen LogP contribution in [0.4, 0.5) is 5.82 Å². The van der Waals surface area contributed by atoms with Gasteiger partial charge in [-0.3, -0.25) is 4.79 Å². The van der Waals surface area contributed by atoms with Crippen molar-refractivity contribution in [3.8, 4) is 11.5 Å². The Kier molecular flexibility index (Phi) is 5.75. The van der Waals surface area contributed by atoms with Gasteiger partial charge in [-0.1, -0.05) is 0 Å². The van der Waals surface area contributed by atoms with E-state index in [1.165, 1.54) is 0 Å². The predicted octanol–water partition coefficient (Wildman–Crippen LogP) is -0.838. The number of nitrogens with one attached hydrogen (secondary N) is 1. The SMILES string of the molecule is COc1ccc(C[NH2+]CCNC(=O)c2nonc2N)cc1OC. The third kappa shape index (κ3) is 4.33. The quantitative estimate of drug-likeness (QED) is 0.540. The van der Waals surface area contributed by atoms with Crippen LogP contribution in [0.5, 0.6) is 11.5 Å². The molecule has 9 nitrogen and oxygen atoms in total. The summed E-state index contributed by atoms with van der Waals surface area (Å²) in [5.74, 6) is 0.975. The molecule has 0 aliphatic rings. The molecule has 0 saturated heterocycles. The number of carbonyl (C=O) groups excluding carboxylic acids is 1. The Morgan fingerprint density at radius 3 is 2.74 bits per heavy atom. The van der Waals surface area contributed by atoms with E-state index in [0.29, 0.717) is 24.6 Å². The van der Waals surface area contributed by atoms with Crippen molar-refractivity contribution in [1.82, 2.24) is 15.6 Å². The van der Waals surface area contributed by atoms with Crippen LogP contribution in [0.3, 0.4) is 0 Å². The van der Waals surface area contributed by atoms with Gasteiger partial charge in [0.15, 0.2) is 11.5 Å². The second kappa shape index (κ2) is 7.99. The summed E-state index contributed by atoms with van der Waals surface area (Å²) in [7, 11) is 3.20. The number of benzene rings is 1. The molecule has 0 aliphatic carbocycles. The van der Waals surface area contributed by atoms with Crippen molar-refractivity contribution in [2.75, 3.05) is 33.0 Å². The van der Waals surface area contributed by atoms with Gasteiger partial charge in [-0.2, -0.15) is 0 Å². The van der Waals surface area contributed by atoms with Gasteiger partial charge in [0.1, 0.15) is 6.54 Å². The van der Waals surface area contributed by atoms with Crippen LogP contribution >= 0.6 is 0 Å². The molecule has 1 amide bonds. The van der Waals surface area contributed by atoms with E-state index in [1.807, 2.05) is 18.2 Å². The van der Waals surface area contributed by atoms with E-state index in [-0.39, 0.29) is 11.5 Å². The van der Waals surface area contributed by atoms with Crippen molar-refractivity contribution in [2.24, 2.45) is 0 Å². The Labute approximate surface area is 133 Å². The highest BCUT2D eigenvalue weighted by Gasteiger charge is 2.15. The Morgan fingerprint density at radius 1 is 1.30 bits per heavy atom. The molecule has 0 unspecified atom stereocenters. The highest BCUT2D eigenvalue weighted by atomic mass is 16.6. The summed E-state index contributed by atoms with van der Waals surface area (Å²) in [6.45, 7) is 1.92. The number of methoxy groups -OCH3 is 2. The predicted molar refractivity (Wildman–Crippen MR) is 81.1 cm³/mol. The molecule has 124 valence electrons. The summed E-state index contributed by atoms with van der Waals surface area (Å²) in [5, 5.41) is 11.5. The smallest absolute Gasteiger partial charge is 0.277 e. The summed E-state index contributed by atoms with van der Waals surface area (Å²) in [6, 6.07) is 5.76. The number of carbonyl (C=O) groups is 1. The molecule has 2 rings (SSSR count). The van der Waals surface area contributed by atoms with Crippen molar-refractivity contribution in [2.45, 2.75) is 6.54 Å². The van der Waals surface area contributed by atoms with E-state index < -0.39 is 5.91 Å². The van der Waals surface area contributed by atoms with Gasteiger partial charge in [0.25, 0.3) is 5.91 Å². The van der Waals surface area contributed by atoms with Crippen molar-refractivity contribution >= 4 is 11.7 Å². The molecule has 0 spiro atoms. The number of aromatic nitrogens is 2. The molecular weight excluding hydrogens is 302 g/mol. The van der Waals surface area contributed by atoms with Crippen molar-refractivity contribution < 1.29 is 24.2 Å². The van der Waals surface area contributed by atoms with Gasteiger partial charge in [0.05, 0.1) is 27.3 Å². The molecule has 23 heavy (non-hydrogen) atoms. The molecule has 0 atom stereocenters. The van der Waals surface area contributed by atoms with Gasteiger partial charge < -0.3 is 25.8 Å². The van der Waals surface area contributed by atoms with Crippen LogP contribution in [0.2, 0.25) is 0 Å². The number of quaternary nitrogens is 1. The molecule has 0 bridgehead atoms. The van der Waals surface area contributed by atoms with E-state index in [9.17, 15) is 4.79 Å². The largest absolute Gasteiger partial charge is 0.493 e. The van der Waals surface area contributed by atoms with Crippen LogP contribution in [0.15, 0.2) is 22.8 Å². The summed E-state index contributed by atoms with van der Waals surface area (Å²) in [6.07, 6.45) is 0. The molecule has 5 N–H and O–H groups in total. The monoisotopic (exact) mass is 322 g/mol. The number of amides is 1. The Bertz CT molecular complexity index is 658. The third-order valence-corrected chi connectivity index (χ3v) is 3.19. The molecule has 9 heteroatoms. The zero-order valence-corrected chi connectivity index (χ0v) is 13.0. The van der Waals surface area contributed by atoms with Gasteiger partial charge in [0.2, 0.25) is 11.5 Å². The fourth-order valence-corrected chi connectivity index (χ4v) is 2.00. The topological polar surface area (TPSA) is 129 Å². The number of rotatable bonds is 8. The Balaban J connectivity index is 1.73. The first-order valence-corrected chi connectivity index (χ1v) is 7.04. The van der Waals surface area contributed by atoms with Crippen LogP contribution in [0, 0.1) is 0 Å². The lowest BCUT2D eigenvalue weighted by atomic mass is 10.2. The van der Waals surface area contributed by atoms with Gasteiger partial charge in [-0.25, -0.2) is 4.63 Å². The number of ether oxygens (including phenoxy) is 2. The average molecular weight is 322 g/mol. The third-order valence-electron chi connectivity index (χ3n) is 3.19.